The molecule has 0 aliphatic heterocycles. The van der Waals surface area contributed by atoms with Gasteiger partial charge in [-0.05, 0) is 12.5 Å². The van der Waals surface area contributed by atoms with Crippen LogP contribution in [-0.2, 0) is 16.0 Å². The van der Waals surface area contributed by atoms with Crippen LogP contribution >= 0.6 is 0 Å². The van der Waals surface area contributed by atoms with Crippen LogP contribution < -0.4 is 5.32 Å². The molecule has 1 aromatic carbocycles. The molecule has 118 valence electrons. The summed E-state index contributed by atoms with van der Waals surface area (Å²) < 4.78 is 40.2. The summed E-state index contributed by atoms with van der Waals surface area (Å²) in [6.45, 7) is -0.299. The topological polar surface area (TPSA) is 58.6 Å². The van der Waals surface area contributed by atoms with Crippen molar-refractivity contribution >= 4 is 5.91 Å². The van der Waals surface area contributed by atoms with Crippen LogP contribution in [0.3, 0.4) is 0 Å². The molecular formula is C14H18F3NO3. The van der Waals surface area contributed by atoms with Gasteiger partial charge in [0.2, 0.25) is 5.91 Å². The molecule has 0 spiro atoms. The average molecular weight is 305 g/mol. The van der Waals surface area contributed by atoms with Crippen molar-refractivity contribution in [1.29, 1.82) is 0 Å². The average Bonchev–Trinajstić information content (AvgIpc) is 2.42. The van der Waals surface area contributed by atoms with Crippen molar-refractivity contribution in [2.45, 2.75) is 31.7 Å². The molecule has 0 fully saturated rings. The van der Waals surface area contributed by atoms with Crippen LogP contribution in [-0.4, -0.2) is 42.5 Å². The zero-order valence-electron chi connectivity index (χ0n) is 11.6. The molecule has 0 saturated carbocycles. The Balaban J connectivity index is 2.28. The number of alkyl halides is 3. The standard InChI is InChI=1S/C14H18F3NO3/c1-10(21-9-14(15,16)17)13(20)18-8-12(19)7-11-5-3-2-4-6-11/h2-6,10,12,19H,7-9H2,1H3,(H,18,20). The van der Waals surface area contributed by atoms with Gasteiger partial charge in [0.15, 0.2) is 0 Å². The van der Waals surface area contributed by atoms with Crippen molar-refractivity contribution < 1.29 is 27.8 Å². The summed E-state index contributed by atoms with van der Waals surface area (Å²) in [6.07, 6.45) is -6.16. The number of aliphatic hydroxyl groups is 1. The van der Waals surface area contributed by atoms with Crippen LogP contribution in [0.5, 0.6) is 0 Å². The number of carbonyl (C=O) groups excluding carboxylic acids is 1. The highest BCUT2D eigenvalue weighted by atomic mass is 19.4. The van der Waals surface area contributed by atoms with Crippen molar-refractivity contribution in [2.24, 2.45) is 0 Å². The van der Waals surface area contributed by atoms with E-state index in [4.69, 9.17) is 0 Å². The summed E-state index contributed by atoms with van der Waals surface area (Å²) in [5, 5.41) is 12.1. The monoisotopic (exact) mass is 305 g/mol. The molecule has 0 aliphatic rings. The maximum Gasteiger partial charge on any atom is 0.411 e. The molecule has 4 nitrogen and oxygen atoms in total. The van der Waals surface area contributed by atoms with Crippen molar-refractivity contribution in [2.75, 3.05) is 13.2 Å². The summed E-state index contributed by atoms with van der Waals surface area (Å²) in [6, 6.07) is 9.17. The first-order valence-corrected chi connectivity index (χ1v) is 6.46. The normalized spacial score (nSPS) is 14.5. The summed E-state index contributed by atoms with van der Waals surface area (Å²) in [5.74, 6) is -0.689. The zero-order chi connectivity index (χ0) is 15.9. The number of carbonyl (C=O) groups is 1. The van der Waals surface area contributed by atoms with Crippen LogP contribution in [0, 0.1) is 0 Å². The highest BCUT2D eigenvalue weighted by Gasteiger charge is 2.29. The molecule has 1 amide bonds. The fourth-order valence-corrected chi connectivity index (χ4v) is 1.62. The van der Waals surface area contributed by atoms with Crippen LogP contribution in [0.4, 0.5) is 13.2 Å². The van der Waals surface area contributed by atoms with E-state index in [1.807, 2.05) is 30.3 Å². The highest BCUT2D eigenvalue weighted by Crippen LogP contribution is 2.15. The number of hydrogen-bond acceptors (Lipinski definition) is 3. The lowest BCUT2D eigenvalue weighted by Crippen LogP contribution is -2.40. The minimum atomic E-state index is -4.47. The van der Waals surface area contributed by atoms with Crippen molar-refractivity contribution in [3.05, 3.63) is 35.9 Å². The zero-order valence-corrected chi connectivity index (χ0v) is 11.6. The van der Waals surface area contributed by atoms with Crippen LogP contribution in [0.15, 0.2) is 30.3 Å². The molecule has 0 heterocycles. The van der Waals surface area contributed by atoms with Gasteiger partial charge in [0, 0.05) is 13.0 Å². The Morgan fingerprint density at radius 2 is 1.95 bits per heavy atom. The van der Waals surface area contributed by atoms with Gasteiger partial charge in [-0.2, -0.15) is 13.2 Å². The molecule has 0 aliphatic carbocycles. The lowest BCUT2D eigenvalue weighted by molar-refractivity contribution is -0.185. The van der Waals surface area contributed by atoms with Crippen LogP contribution in [0.2, 0.25) is 0 Å². The fourth-order valence-electron chi connectivity index (χ4n) is 1.62. The second kappa shape index (κ2) is 7.99. The fraction of sp³-hybridized carbons (Fsp3) is 0.500. The Morgan fingerprint density at radius 3 is 2.52 bits per heavy atom. The van der Waals surface area contributed by atoms with Crippen molar-refractivity contribution in [3.8, 4) is 0 Å². The number of halogens is 3. The van der Waals surface area contributed by atoms with E-state index in [0.29, 0.717) is 6.42 Å². The molecule has 1 aromatic rings. The van der Waals surface area contributed by atoms with Gasteiger partial charge in [-0.1, -0.05) is 30.3 Å². The molecule has 2 unspecified atom stereocenters. The molecule has 0 bridgehead atoms. The summed E-state index contributed by atoms with van der Waals surface area (Å²) in [7, 11) is 0. The van der Waals surface area contributed by atoms with E-state index >= 15 is 0 Å². The number of rotatable bonds is 7. The Bertz CT molecular complexity index is 437. The predicted octanol–water partition coefficient (Wildman–Crippen LogP) is 1.67. The Hall–Kier alpha value is -1.60. The van der Waals surface area contributed by atoms with E-state index in [1.54, 1.807) is 0 Å². The van der Waals surface area contributed by atoms with E-state index in [9.17, 15) is 23.1 Å². The Labute approximate surface area is 120 Å². The minimum Gasteiger partial charge on any atom is -0.391 e. The van der Waals surface area contributed by atoms with E-state index in [2.05, 4.69) is 10.1 Å². The number of amides is 1. The molecule has 2 N–H and O–H groups in total. The molecule has 0 aromatic heterocycles. The van der Waals surface area contributed by atoms with Gasteiger partial charge >= 0.3 is 6.18 Å². The lowest BCUT2D eigenvalue weighted by Gasteiger charge is -2.16. The second-order valence-electron chi connectivity index (χ2n) is 4.66. The van der Waals surface area contributed by atoms with Crippen molar-refractivity contribution in [3.63, 3.8) is 0 Å². The molecule has 1 rings (SSSR count). The van der Waals surface area contributed by atoms with E-state index in [-0.39, 0.29) is 6.54 Å². The first-order valence-electron chi connectivity index (χ1n) is 6.46. The largest absolute Gasteiger partial charge is 0.411 e. The van der Waals surface area contributed by atoms with Gasteiger partial charge in [-0.15, -0.1) is 0 Å². The van der Waals surface area contributed by atoms with E-state index in [0.717, 1.165) is 5.56 Å². The van der Waals surface area contributed by atoms with Crippen LogP contribution in [0.1, 0.15) is 12.5 Å². The molecular weight excluding hydrogens is 287 g/mol. The SMILES string of the molecule is CC(OCC(F)(F)F)C(=O)NCC(O)Cc1ccccc1. The Morgan fingerprint density at radius 1 is 1.33 bits per heavy atom. The molecule has 2 atom stereocenters. The summed E-state index contributed by atoms with van der Waals surface area (Å²) in [5.41, 5.74) is 0.903. The third kappa shape index (κ3) is 7.67. The molecule has 0 saturated heterocycles. The smallest absolute Gasteiger partial charge is 0.391 e. The van der Waals surface area contributed by atoms with E-state index in [1.165, 1.54) is 6.92 Å². The minimum absolute atomic E-state index is 0.0482. The van der Waals surface area contributed by atoms with Crippen LogP contribution in [0.25, 0.3) is 0 Å². The molecule has 7 heteroatoms. The molecule has 0 radical (unpaired) electrons. The quantitative estimate of drug-likeness (QED) is 0.806. The first kappa shape index (κ1) is 17.5. The van der Waals surface area contributed by atoms with Gasteiger partial charge in [0.05, 0.1) is 6.10 Å². The van der Waals surface area contributed by atoms with Crippen molar-refractivity contribution in [1.82, 2.24) is 5.32 Å². The third-order valence-electron chi connectivity index (χ3n) is 2.69. The number of ether oxygens (including phenoxy) is 1. The number of nitrogens with one attached hydrogen (secondary N) is 1. The maximum absolute atomic E-state index is 11.9. The maximum atomic E-state index is 11.9. The third-order valence-corrected chi connectivity index (χ3v) is 2.69. The number of benzene rings is 1. The second-order valence-corrected chi connectivity index (χ2v) is 4.66. The van der Waals surface area contributed by atoms with Gasteiger partial charge in [0.1, 0.15) is 12.7 Å². The number of aliphatic hydroxyl groups excluding tert-OH is 1. The Kier molecular flexibility index (Phi) is 6.64. The predicted molar refractivity (Wildman–Crippen MR) is 70.6 cm³/mol. The summed E-state index contributed by atoms with van der Waals surface area (Å²) >= 11 is 0. The molecule has 21 heavy (non-hydrogen) atoms. The lowest BCUT2D eigenvalue weighted by atomic mass is 10.1. The van der Waals surface area contributed by atoms with Gasteiger partial charge in [-0.3, -0.25) is 4.79 Å². The number of hydrogen-bond donors (Lipinski definition) is 2. The van der Waals surface area contributed by atoms with Gasteiger partial charge < -0.3 is 15.2 Å². The first-order chi connectivity index (χ1) is 9.78. The van der Waals surface area contributed by atoms with Gasteiger partial charge in [0.25, 0.3) is 0 Å². The van der Waals surface area contributed by atoms with Gasteiger partial charge in [-0.25, -0.2) is 0 Å². The highest BCUT2D eigenvalue weighted by molar-refractivity contribution is 5.80. The summed E-state index contributed by atoms with van der Waals surface area (Å²) in [4.78, 5) is 11.5. The van der Waals surface area contributed by atoms with E-state index < -0.39 is 30.9 Å².